The van der Waals surface area contributed by atoms with Crippen molar-refractivity contribution in [3.8, 4) is 0 Å². The van der Waals surface area contributed by atoms with E-state index in [1.54, 1.807) is 7.11 Å². The molecular formula is C7H17NO. The quantitative estimate of drug-likeness (QED) is 0.621. The van der Waals surface area contributed by atoms with Gasteiger partial charge < -0.3 is 10.5 Å². The molecule has 0 rings (SSSR count). The van der Waals surface area contributed by atoms with E-state index >= 15 is 0 Å². The van der Waals surface area contributed by atoms with Gasteiger partial charge in [-0.1, -0.05) is 13.8 Å². The summed E-state index contributed by atoms with van der Waals surface area (Å²) in [5.74, 6) is 0. The average Bonchev–Trinajstić information content (AvgIpc) is 1.90. The molecule has 0 aromatic carbocycles. The van der Waals surface area contributed by atoms with E-state index in [9.17, 15) is 0 Å². The van der Waals surface area contributed by atoms with Gasteiger partial charge in [0.05, 0.1) is 6.10 Å². The molecule has 0 radical (unpaired) electrons. The van der Waals surface area contributed by atoms with Crippen LogP contribution in [0.3, 0.4) is 0 Å². The fourth-order valence-corrected chi connectivity index (χ4v) is 0.907. The van der Waals surface area contributed by atoms with Crippen LogP contribution in [0.5, 0.6) is 0 Å². The summed E-state index contributed by atoms with van der Waals surface area (Å²) in [6, 6.07) is 0.208. The fourth-order valence-electron chi connectivity index (χ4n) is 0.907. The Hall–Kier alpha value is -0.0800. The Morgan fingerprint density at radius 2 is 1.89 bits per heavy atom. The molecule has 0 heterocycles. The molecular weight excluding hydrogens is 114 g/mol. The van der Waals surface area contributed by atoms with Gasteiger partial charge >= 0.3 is 0 Å². The van der Waals surface area contributed by atoms with Gasteiger partial charge in [-0.2, -0.15) is 0 Å². The Labute approximate surface area is 57.4 Å². The third-order valence-electron chi connectivity index (χ3n) is 1.65. The first kappa shape index (κ1) is 8.92. The van der Waals surface area contributed by atoms with Gasteiger partial charge in [0.2, 0.25) is 0 Å². The average molecular weight is 131 g/mol. The molecule has 0 amide bonds. The number of rotatable bonds is 4. The second-order valence-corrected chi connectivity index (χ2v) is 2.25. The lowest BCUT2D eigenvalue weighted by Gasteiger charge is -2.18. The Morgan fingerprint density at radius 3 is 2.00 bits per heavy atom. The minimum atomic E-state index is 0.208. The standard InChI is InChI=1S/C7H17NO/c1-4-6(8)7(5-2)9-3/h6-7H,4-5,8H2,1-3H3/t6?,7-/m1/s1. The largest absolute Gasteiger partial charge is 0.380 e. The van der Waals surface area contributed by atoms with Gasteiger partial charge in [0, 0.05) is 13.2 Å². The lowest BCUT2D eigenvalue weighted by atomic mass is 10.1. The van der Waals surface area contributed by atoms with E-state index in [-0.39, 0.29) is 12.1 Å². The number of ether oxygens (including phenoxy) is 1. The van der Waals surface area contributed by atoms with Crippen LogP contribution in [0.15, 0.2) is 0 Å². The van der Waals surface area contributed by atoms with E-state index in [1.807, 2.05) is 0 Å². The SMILES string of the molecule is CCC(N)[C@@H](CC)OC. The first-order valence-electron chi connectivity index (χ1n) is 3.54. The van der Waals surface area contributed by atoms with Gasteiger partial charge in [-0.25, -0.2) is 0 Å². The molecule has 0 spiro atoms. The van der Waals surface area contributed by atoms with Crippen LogP contribution in [0.25, 0.3) is 0 Å². The first-order chi connectivity index (χ1) is 4.26. The second kappa shape index (κ2) is 4.77. The number of hydrogen-bond donors (Lipinski definition) is 1. The van der Waals surface area contributed by atoms with Crippen LogP contribution in [-0.2, 0) is 4.74 Å². The van der Waals surface area contributed by atoms with E-state index in [1.165, 1.54) is 0 Å². The molecule has 0 aliphatic carbocycles. The Morgan fingerprint density at radius 1 is 1.33 bits per heavy atom. The van der Waals surface area contributed by atoms with Crippen molar-refractivity contribution in [3.05, 3.63) is 0 Å². The molecule has 0 saturated carbocycles. The summed E-state index contributed by atoms with van der Waals surface area (Å²) in [5.41, 5.74) is 5.71. The second-order valence-electron chi connectivity index (χ2n) is 2.25. The van der Waals surface area contributed by atoms with Crippen molar-refractivity contribution in [2.75, 3.05) is 7.11 Å². The molecule has 2 atom stereocenters. The maximum Gasteiger partial charge on any atom is 0.0719 e. The maximum absolute atomic E-state index is 5.71. The van der Waals surface area contributed by atoms with Crippen LogP contribution in [0.1, 0.15) is 26.7 Å². The Balaban J connectivity index is 3.50. The summed E-state index contributed by atoms with van der Waals surface area (Å²) in [4.78, 5) is 0. The Bertz CT molecular complexity index is 61.9. The van der Waals surface area contributed by atoms with E-state index in [4.69, 9.17) is 10.5 Å². The highest BCUT2D eigenvalue weighted by Gasteiger charge is 2.11. The van der Waals surface area contributed by atoms with Crippen LogP contribution in [0, 0.1) is 0 Å². The van der Waals surface area contributed by atoms with Gasteiger partial charge in [0.25, 0.3) is 0 Å². The van der Waals surface area contributed by atoms with Crippen molar-refractivity contribution in [1.82, 2.24) is 0 Å². The minimum Gasteiger partial charge on any atom is -0.380 e. The van der Waals surface area contributed by atoms with Crippen LogP contribution in [0.2, 0.25) is 0 Å². The van der Waals surface area contributed by atoms with Gasteiger partial charge in [0.1, 0.15) is 0 Å². The molecule has 0 aromatic rings. The number of hydrogen-bond acceptors (Lipinski definition) is 2. The van der Waals surface area contributed by atoms with Crippen LogP contribution in [-0.4, -0.2) is 19.3 Å². The van der Waals surface area contributed by atoms with E-state index in [0.717, 1.165) is 12.8 Å². The molecule has 2 N–H and O–H groups in total. The monoisotopic (exact) mass is 131 g/mol. The van der Waals surface area contributed by atoms with Gasteiger partial charge in [0.15, 0.2) is 0 Å². The van der Waals surface area contributed by atoms with Crippen molar-refractivity contribution < 1.29 is 4.74 Å². The van der Waals surface area contributed by atoms with E-state index in [0.29, 0.717) is 0 Å². The highest BCUT2D eigenvalue weighted by Crippen LogP contribution is 2.02. The molecule has 2 nitrogen and oxygen atoms in total. The molecule has 0 bridgehead atoms. The van der Waals surface area contributed by atoms with Gasteiger partial charge in [-0.3, -0.25) is 0 Å². The minimum absolute atomic E-state index is 0.208. The third-order valence-corrected chi connectivity index (χ3v) is 1.65. The molecule has 0 fully saturated rings. The fraction of sp³-hybridized carbons (Fsp3) is 1.00. The zero-order valence-electron chi connectivity index (χ0n) is 6.55. The zero-order valence-corrected chi connectivity index (χ0v) is 6.55. The van der Waals surface area contributed by atoms with Crippen LogP contribution < -0.4 is 5.73 Å². The molecule has 0 aliphatic rings. The molecule has 1 unspecified atom stereocenters. The summed E-state index contributed by atoms with van der Waals surface area (Å²) >= 11 is 0. The van der Waals surface area contributed by atoms with Gasteiger partial charge in [-0.05, 0) is 12.8 Å². The third kappa shape index (κ3) is 2.82. The lowest BCUT2D eigenvalue weighted by Crippen LogP contribution is -2.34. The summed E-state index contributed by atoms with van der Waals surface area (Å²) < 4.78 is 5.13. The van der Waals surface area contributed by atoms with E-state index < -0.39 is 0 Å². The van der Waals surface area contributed by atoms with Gasteiger partial charge in [-0.15, -0.1) is 0 Å². The normalized spacial score (nSPS) is 17.3. The molecule has 0 aliphatic heterocycles. The van der Waals surface area contributed by atoms with E-state index in [2.05, 4.69) is 13.8 Å². The molecule has 2 heteroatoms. The molecule has 9 heavy (non-hydrogen) atoms. The van der Waals surface area contributed by atoms with Crippen LogP contribution >= 0.6 is 0 Å². The summed E-state index contributed by atoms with van der Waals surface area (Å²) in [6.07, 6.45) is 2.24. The molecule has 56 valence electrons. The topological polar surface area (TPSA) is 35.2 Å². The van der Waals surface area contributed by atoms with Crippen molar-refractivity contribution >= 4 is 0 Å². The van der Waals surface area contributed by atoms with Crippen molar-refractivity contribution in [2.45, 2.75) is 38.8 Å². The smallest absolute Gasteiger partial charge is 0.0719 e. The van der Waals surface area contributed by atoms with Crippen LogP contribution in [0.4, 0.5) is 0 Å². The van der Waals surface area contributed by atoms with Crippen molar-refractivity contribution in [3.63, 3.8) is 0 Å². The maximum atomic E-state index is 5.71. The predicted octanol–water partition coefficient (Wildman–Crippen LogP) is 1.15. The van der Waals surface area contributed by atoms with Crippen molar-refractivity contribution in [1.29, 1.82) is 0 Å². The summed E-state index contributed by atoms with van der Waals surface area (Å²) in [7, 11) is 1.71. The zero-order chi connectivity index (χ0) is 7.28. The lowest BCUT2D eigenvalue weighted by molar-refractivity contribution is 0.0762. The predicted molar refractivity (Wildman–Crippen MR) is 39.4 cm³/mol. The summed E-state index contributed by atoms with van der Waals surface area (Å²) in [6.45, 7) is 4.16. The Kier molecular flexibility index (Phi) is 4.72. The summed E-state index contributed by atoms with van der Waals surface area (Å²) in [5, 5.41) is 0. The number of methoxy groups -OCH3 is 1. The molecule has 0 aromatic heterocycles. The first-order valence-corrected chi connectivity index (χ1v) is 3.54. The van der Waals surface area contributed by atoms with Crippen molar-refractivity contribution in [2.24, 2.45) is 5.73 Å². The molecule has 0 saturated heterocycles. The number of nitrogens with two attached hydrogens (primary N) is 1. The highest BCUT2D eigenvalue weighted by molar-refractivity contribution is 4.69. The highest BCUT2D eigenvalue weighted by atomic mass is 16.5.